The third-order valence-electron chi connectivity index (χ3n) is 2.67. The highest BCUT2D eigenvalue weighted by Gasteiger charge is 2.04. The second kappa shape index (κ2) is 7.58. The van der Waals surface area contributed by atoms with Crippen LogP contribution >= 0.6 is 0 Å². The van der Waals surface area contributed by atoms with E-state index in [4.69, 9.17) is 5.73 Å². The summed E-state index contributed by atoms with van der Waals surface area (Å²) in [5.74, 6) is -0.169. The van der Waals surface area contributed by atoms with Gasteiger partial charge in [0.2, 0.25) is 5.91 Å². The minimum Gasteiger partial charge on any atom is -0.398 e. The van der Waals surface area contributed by atoms with Gasteiger partial charge in [0.25, 0.3) is 5.56 Å². The molecule has 106 valence electrons. The third-order valence-corrected chi connectivity index (χ3v) is 2.67. The molecule has 0 fully saturated rings. The topological polar surface area (TPSA) is 80.4 Å². The number of rotatable bonds is 7. The molecule has 0 atom stereocenters. The van der Waals surface area contributed by atoms with E-state index >= 15 is 0 Å². The van der Waals surface area contributed by atoms with Crippen LogP contribution in [0.25, 0.3) is 0 Å². The molecular weight excluding hydrogens is 244 g/mol. The van der Waals surface area contributed by atoms with Gasteiger partial charge < -0.3 is 20.5 Å². The Morgan fingerprint density at radius 3 is 2.79 bits per heavy atom. The molecule has 0 bridgehead atoms. The molecule has 0 aliphatic carbocycles. The Morgan fingerprint density at radius 2 is 2.11 bits per heavy atom. The van der Waals surface area contributed by atoms with Crippen LogP contribution in [0.5, 0.6) is 0 Å². The molecule has 6 nitrogen and oxygen atoms in total. The predicted octanol–water partition coefficient (Wildman–Crippen LogP) is -0.111. The van der Waals surface area contributed by atoms with Gasteiger partial charge in [0.1, 0.15) is 6.54 Å². The molecule has 19 heavy (non-hydrogen) atoms. The van der Waals surface area contributed by atoms with Crippen molar-refractivity contribution in [2.45, 2.75) is 19.4 Å². The van der Waals surface area contributed by atoms with E-state index in [-0.39, 0.29) is 18.0 Å². The largest absolute Gasteiger partial charge is 0.398 e. The maximum atomic E-state index is 11.7. The molecular formula is C13H22N4O2. The Bertz CT molecular complexity index is 468. The second-order valence-corrected chi connectivity index (χ2v) is 4.79. The standard InChI is InChI=1S/C13H22N4O2/c1-16(2)8-4-3-7-15-12(18)10-17-9-11(14)5-6-13(17)19/h5-6,9H,3-4,7-8,10,14H2,1-2H3,(H,15,18). The molecule has 1 aromatic heterocycles. The number of carbonyl (C=O) groups excluding carboxylic acids is 1. The minimum absolute atomic E-state index is 0.0115. The molecule has 0 saturated heterocycles. The van der Waals surface area contributed by atoms with Crippen molar-refractivity contribution in [3.63, 3.8) is 0 Å². The Hall–Kier alpha value is -1.82. The molecule has 6 heteroatoms. The fourth-order valence-electron chi connectivity index (χ4n) is 1.66. The first-order chi connectivity index (χ1) is 8.99. The Labute approximate surface area is 113 Å². The summed E-state index contributed by atoms with van der Waals surface area (Å²) >= 11 is 0. The van der Waals surface area contributed by atoms with Crippen molar-refractivity contribution in [3.05, 3.63) is 28.7 Å². The average molecular weight is 266 g/mol. The van der Waals surface area contributed by atoms with Gasteiger partial charge in [0, 0.05) is 24.5 Å². The van der Waals surface area contributed by atoms with E-state index in [0.29, 0.717) is 12.2 Å². The molecule has 0 aliphatic heterocycles. The fourth-order valence-corrected chi connectivity index (χ4v) is 1.66. The lowest BCUT2D eigenvalue weighted by Crippen LogP contribution is -2.32. The summed E-state index contributed by atoms with van der Waals surface area (Å²) < 4.78 is 1.31. The highest BCUT2D eigenvalue weighted by molar-refractivity contribution is 5.75. The van der Waals surface area contributed by atoms with E-state index in [0.717, 1.165) is 19.4 Å². The monoisotopic (exact) mass is 266 g/mol. The first kappa shape index (κ1) is 15.2. The van der Waals surface area contributed by atoms with Crippen LogP contribution in [0.2, 0.25) is 0 Å². The van der Waals surface area contributed by atoms with Gasteiger partial charge in [-0.2, -0.15) is 0 Å². The number of hydrogen-bond acceptors (Lipinski definition) is 4. The van der Waals surface area contributed by atoms with E-state index in [2.05, 4.69) is 10.2 Å². The van der Waals surface area contributed by atoms with E-state index in [1.54, 1.807) is 0 Å². The van der Waals surface area contributed by atoms with Crippen molar-refractivity contribution in [2.24, 2.45) is 0 Å². The molecule has 1 amide bonds. The van der Waals surface area contributed by atoms with Crippen LogP contribution in [-0.4, -0.2) is 42.6 Å². The molecule has 1 heterocycles. The fraction of sp³-hybridized carbons (Fsp3) is 0.538. The Kier molecular flexibility index (Phi) is 6.08. The van der Waals surface area contributed by atoms with Crippen LogP contribution in [-0.2, 0) is 11.3 Å². The van der Waals surface area contributed by atoms with Crippen LogP contribution in [0, 0.1) is 0 Å². The zero-order valence-corrected chi connectivity index (χ0v) is 11.6. The first-order valence-corrected chi connectivity index (χ1v) is 6.36. The highest BCUT2D eigenvalue weighted by Crippen LogP contribution is 1.95. The SMILES string of the molecule is CN(C)CCCCNC(=O)Cn1cc(N)ccc1=O. The molecule has 0 spiro atoms. The summed E-state index contributed by atoms with van der Waals surface area (Å²) in [4.78, 5) is 25.2. The van der Waals surface area contributed by atoms with Gasteiger partial charge in [-0.15, -0.1) is 0 Å². The predicted molar refractivity (Wildman–Crippen MR) is 75.9 cm³/mol. The number of nitrogens with one attached hydrogen (secondary N) is 1. The summed E-state index contributed by atoms with van der Waals surface area (Å²) in [7, 11) is 4.04. The van der Waals surface area contributed by atoms with Crippen LogP contribution < -0.4 is 16.6 Å². The summed E-state index contributed by atoms with van der Waals surface area (Å²) in [6, 6.07) is 2.89. The maximum Gasteiger partial charge on any atom is 0.251 e. The molecule has 1 rings (SSSR count). The quantitative estimate of drug-likeness (QED) is 0.675. The molecule has 3 N–H and O–H groups in total. The average Bonchev–Trinajstić information content (AvgIpc) is 2.33. The van der Waals surface area contributed by atoms with Crippen molar-refractivity contribution in [3.8, 4) is 0 Å². The zero-order chi connectivity index (χ0) is 14.3. The number of amides is 1. The van der Waals surface area contributed by atoms with Gasteiger partial charge in [-0.1, -0.05) is 0 Å². The van der Waals surface area contributed by atoms with Crippen molar-refractivity contribution >= 4 is 11.6 Å². The molecule has 0 saturated carbocycles. The summed E-state index contributed by atoms with van der Waals surface area (Å²) in [6.07, 6.45) is 3.44. The first-order valence-electron chi connectivity index (χ1n) is 6.36. The van der Waals surface area contributed by atoms with Gasteiger partial charge >= 0.3 is 0 Å². The van der Waals surface area contributed by atoms with E-state index in [1.165, 1.54) is 22.9 Å². The van der Waals surface area contributed by atoms with Gasteiger partial charge in [0.05, 0.1) is 0 Å². The van der Waals surface area contributed by atoms with Gasteiger partial charge in [-0.25, -0.2) is 0 Å². The zero-order valence-electron chi connectivity index (χ0n) is 11.6. The number of aromatic nitrogens is 1. The minimum atomic E-state index is -0.225. The smallest absolute Gasteiger partial charge is 0.251 e. The number of nitrogens with two attached hydrogens (primary N) is 1. The molecule has 0 aliphatic rings. The number of pyridine rings is 1. The van der Waals surface area contributed by atoms with Crippen molar-refractivity contribution in [1.82, 2.24) is 14.8 Å². The lowest BCUT2D eigenvalue weighted by molar-refractivity contribution is -0.121. The van der Waals surface area contributed by atoms with E-state index in [1.807, 2.05) is 14.1 Å². The number of nitrogen functional groups attached to an aromatic ring is 1. The van der Waals surface area contributed by atoms with Crippen molar-refractivity contribution < 1.29 is 4.79 Å². The molecule has 0 aromatic carbocycles. The Morgan fingerprint density at radius 1 is 1.37 bits per heavy atom. The van der Waals surface area contributed by atoms with Gasteiger partial charge in [0.15, 0.2) is 0 Å². The lowest BCUT2D eigenvalue weighted by Gasteiger charge is -2.10. The van der Waals surface area contributed by atoms with Crippen molar-refractivity contribution in [2.75, 3.05) is 32.9 Å². The summed E-state index contributed by atoms with van der Waals surface area (Å²) in [5.41, 5.74) is 5.82. The maximum absolute atomic E-state index is 11.7. The number of nitrogens with zero attached hydrogens (tertiary/aromatic N) is 2. The van der Waals surface area contributed by atoms with Crippen LogP contribution in [0.3, 0.4) is 0 Å². The van der Waals surface area contributed by atoms with E-state index < -0.39 is 0 Å². The van der Waals surface area contributed by atoms with Crippen LogP contribution in [0.15, 0.2) is 23.1 Å². The number of carbonyl (C=O) groups is 1. The lowest BCUT2D eigenvalue weighted by atomic mass is 10.3. The van der Waals surface area contributed by atoms with E-state index in [9.17, 15) is 9.59 Å². The van der Waals surface area contributed by atoms with Crippen molar-refractivity contribution in [1.29, 1.82) is 0 Å². The molecule has 0 radical (unpaired) electrons. The summed E-state index contributed by atoms with van der Waals surface area (Å²) in [6.45, 7) is 1.64. The van der Waals surface area contributed by atoms with Gasteiger partial charge in [-0.3, -0.25) is 9.59 Å². The number of hydrogen-bond donors (Lipinski definition) is 2. The Balaban J connectivity index is 2.31. The molecule has 1 aromatic rings. The van der Waals surface area contributed by atoms with Gasteiger partial charge in [-0.05, 0) is 39.5 Å². The molecule has 0 unspecified atom stereocenters. The number of anilines is 1. The third kappa shape index (κ3) is 6.05. The summed E-state index contributed by atoms with van der Waals surface area (Å²) in [5, 5.41) is 2.79. The second-order valence-electron chi connectivity index (χ2n) is 4.79. The van der Waals surface area contributed by atoms with Crippen LogP contribution in [0.4, 0.5) is 5.69 Å². The highest BCUT2D eigenvalue weighted by atomic mass is 16.2. The normalized spacial score (nSPS) is 10.7. The number of unbranched alkanes of at least 4 members (excludes halogenated alkanes) is 1. The van der Waals surface area contributed by atoms with Crippen LogP contribution in [0.1, 0.15) is 12.8 Å².